The van der Waals surface area contributed by atoms with Crippen LogP contribution in [0.3, 0.4) is 0 Å². The molecule has 0 atom stereocenters. The SMILES string of the molecule is CNc1cc(C(F)(F)F)cc(NCCC(=O)NC2CC2)n1. The highest BCUT2D eigenvalue weighted by molar-refractivity contribution is 5.77. The predicted molar refractivity (Wildman–Crippen MR) is 73.1 cm³/mol. The zero-order valence-electron chi connectivity index (χ0n) is 11.5. The monoisotopic (exact) mass is 302 g/mol. The normalized spacial score (nSPS) is 14.7. The smallest absolute Gasteiger partial charge is 0.373 e. The molecule has 1 aliphatic rings. The van der Waals surface area contributed by atoms with E-state index in [-0.39, 0.29) is 36.6 Å². The molecule has 1 aliphatic carbocycles. The molecule has 8 heteroatoms. The van der Waals surface area contributed by atoms with Gasteiger partial charge in [-0.25, -0.2) is 4.98 Å². The number of aromatic nitrogens is 1. The molecule has 1 fully saturated rings. The van der Waals surface area contributed by atoms with Gasteiger partial charge in [-0.1, -0.05) is 0 Å². The Bertz CT molecular complexity index is 515. The van der Waals surface area contributed by atoms with E-state index in [0.717, 1.165) is 25.0 Å². The van der Waals surface area contributed by atoms with Gasteiger partial charge in [-0.2, -0.15) is 13.2 Å². The largest absolute Gasteiger partial charge is 0.416 e. The quantitative estimate of drug-likeness (QED) is 0.754. The van der Waals surface area contributed by atoms with Crippen LogP contribution in [0.5, 0.6) is 0 Å². The first-order valence-corrected chi connectivity index (χ1v) is 6.69. The molecule has 21 heavy (non-hydrogen) atoms. The summed E-state index contributed by atoms with van der Waals surface area (Å²) in [7, 11) is 1.50. The number of nitrogens with one attached hydrogen (secondary N) is 3. The van der Waals surface area contributed by atoms with Gasteiger partial charge >= 0.3 is 6.18 Å². The summed E-state index contributed by atoms with van der Waals surface area (Å²) in [4.78, 5) is 15.5. The first-order chi connectivity index (χ1) is 9.88. The second-order valence-corrected chi connectivity index (χ2v) is 4.89. The molecule has 1 amide bonds. The molecule has 2 rings (SSSR count). The van der Waals surface area contributed by atoms with Crippen molar-refractivity contribution in [2.75, 3.05) is 24.2 Å². The Morgan fingerprint density at radius 2 is 2.00 bits per heavy atom. The van der Waals surface area contributed by atoms with E-state index in [2.05, 4.69) is 20.9 Å². The minimum Gasteiger partial charge on any atom is -0.373 e. The second-order valence-electron chi connectivity index (χ2n) is 4.89. The molecule has 0 radical (unpaired) electrons. The fourth-order valence-corrected chi connectivity index (χ4v) is 1.74. The molecule has 116 valence electrons. The van der Waals surface area contributed by atoms with Crippen molar-refractivity contribution < 1.29 is 18.0 Å². The van der Waals surface area contributed by atoms with Gasteiger partial charge in [0, 0.05) is 26.1 Å². The average molecular weight is 302 g/mol. The Morgan fingerprint density at radius 3 is 2.57 bits per heavy atom. The van der Waals surface area contributed by atoms with Crippen LogP contribution in [0.2, 0.25) is 0 Å². The molecule has 1 aromatic rings. The lowest BCUT2D eigenvalue weighted by Crippen LogP contribution is -2.27. The maximum absolute atomic E-state index is 12.7. The summed E-state index contributed by atoms with van der Waals surface area (Å²) >= 11 is 0. The molecule has 0 aliphatic heterocycles. The van der Waals surface area contributed by atoms with Gasteiger partial charge in [-0.15, -0.1) is 0 Å². The maximum atomic E-state index is 12.7. The first-order valence-electron chi connectivity index (χ1n) is 6.69. The highest BCUT2D eigenvalue weighted by Crippen LogP contribution is 2.31. The average Bonchev–Trinajstić information content (AvgIpc) is 3.21. The molecular weight excluding hydrogens is 285 g/mol. The summed E-state index contributed by atoms with van der Waals surface area (Å²) in [6, 6.07) is 2.14. The molecular formula is C13H17F3N4O. The number of hydrogen-bond acceptors (Lipinski definition) is 4. The first kappa shape index (κ1) is 15.4. The molecule has 0 bridgehead atoms. The van der Waals surface area contributed by atoms with Gasteiger partial charge < -0.3 is 16.0 Å². The van der Waals surface area contributed by atoms with Crippen molar-refractivity contribution in [2.45, 2.75) is 31.5 Å². The van der Waals surface area contributed by atoms with Crippen molar-refractivity contribution in [1.82, 2.24) is 10.3 Å². The number of hydrogen-bond donors (Lipinski definition) is 3. The van der Waals surface area contributed by atoms with Crippen molar-refractivity contribution in [1.29, 1.82) is 0 Å². The molecule has 1 aromatic heterocycles. The highest BCUT2D eigenvalue weighted by Gasteiger charge is 2.31. The summed E-state index contributed by atoms with van der Waals surface area (Å²) in [5.41, 5.74) is -0.785. The fourth-order valence-electron chi connectivity index (χ4n) is 1.74. The number of carbonyl (C=O) groups excluding carboxylic acids is 1. The Hall–Kier alpha value is -1.99. The molecule has 0 saturated heterocycles. The Balaban J connectivity index is 1.93. The van der Waals surface area contributed by atoms with Crippen molar-refractivity contribution >= 4 is 17.5 Å². The van der Waals surface area contributed by atoms with E-state index in [1.54, 1.807) is 0 Å². The lowest BCUT2D eigenvalue weighted by atomic mass is 10.2. The van der Waals surface area contributed by atoms with Crippen molar-refractivity contribution in [3.8, 4) is 0 Å². The van der Waals surface area contributed by atoms with Crippen LogP contribution in [-0.4, -0.2) is 30.5 Å². The number of carbonyl (C=O) groups is 1. The summed E-state index contributed by atoms with van der Waals surface area (Å²) in [5, 5.41) is 8.13. The van der Waals surface area contributed by atoms with Crippen LogP contribution >= 0.6 is 0 Å². The van der Waals surface area contributed by atoms with Crippen LogP contribution in [0.25, 0.3) is 0 Å². The zero-order chi connectivity index (χ0) is 15.5. The van der Waals surface area contributed by atoms with Crippen LogP contribution in [0.1, 0.15) is 24.8 Å². The van der Waals surface area contributed by atoms with Crippen molar-refractivity contribution in [3.63, 3.8) is 0 Å². The molecule has 1 heterocycles. The zero-order valence-corrected chi connectivity index (χ0v) is 11.5. The van der Waals surface area contributed by atoms with Crippen LogP contribution < -0.4 is 16.0 Å². The van der Waals surface area contributed by atoms with Gasteiger partial charge in [0.25, 0.3) is 0 Å². The van der Waals surface area contributed by atoms with Crippen molar-refractivity contribution in [3.05, 3.63) is 17.7 Å². The van der Waals surface area contributed by atoms with E-state index in [9.17, 15) is 18.0 Å². The second kappa shape index (κ2) is 6.19. The van der Waals surface area contributed by atoms with E-state index in [0.29, 0.717) is 0 Å². The van der Waals surface area contributed by atoms with Gasteiger partial charge in [0.15, 0.2) is 0 Å². The van der Waals surface area contributed by atoms with E-state index in [1.165, 1.54) is 7.05 Å². The molecule has 3 N–H and O–H groups in total. The number of alkyl halides is 3. The van der Waals surface area contributed by atoms with Crippen LogP contribution in [-0.2, 0) is 11.0 Å². The van der Waals surface area contributed by atoms with Gasteiger partial charge in [0.2, 0.25) is 5.91 Å². The fraction of sp³-hybridized carbons (Fsp3) is 0.538. The summed E-state index contributed by atoms with van der Waals surface area (Å²) in [6.07, 6.45) is -2.24. The topological polar surface area (TPSA) is 66.0 Å². The Labute approximate surface area is 120 Å². The van der Waals surface area contributed by atoms with E-state index >= 15 is 0 Å². The van der Waals surface area contributed by atoms with E-state index < -0.39 is 11.7 Å². The highest BCUT2D eigenvalue weighted by atomic mass is 19.4. The van der Waals surface area contributed by atoms with Gasteiger partial charge in [-0.05, 0) is 25.0 Å². The molecule has 1 saturated carbocycles. The number of rotatable bonds is 6. The summed E-state index contributed by atoms with van der Waals surface area (Å²) in [6.45, 7) is 0.232. The summed E-state index contributed by atoms with van der Waals surface area (Å²) in [5.74, 6) is 0.106. The molecule has 5 nitrogen and oxygen atoms in total. The van der Waals surface area contributed by atoms with Gasteiger partial charge in [0.05, 0.1) is 5.56 Å². The van der Waals surface area contributed by atoms with Crippen LogP contribution in [0, 0.1) is 0 Å². The Morgan fingerprint density at radius 1 is 1.33 bits per heavy atom. The maximum Gasteiger partial charge on any atom is 0.416 e. The molecule has 0 unspecified atom stereocenters. The lowest BCUT2D eigenvalue weighted by molar-refractivity contribution is -0.137. The standard InChI is InChI=1S/C13H17F3N4O/c1-17-10-6-8(13(14,15)16)7-11(20-10)18-5-4-12(21)19-9-2-3-9/h6-7,9H,2-5H2,1H3,(H,19,21)(H2,17,18,20). The van der Waals surface area contributed by atoms with Gasteiger partial charge in [0.1, 0.15) is 11.6 Å². The third kappa shape index (κ3) is 4.80. The number of nitrogens with zero attached hydrogens (tertiary/aromatic N) is 1. The minimum atomic E-state index is -4.44. The number of pyridine rings is 1. The number of amides is 1. The van der Waals surface area contributed by atoms with E-state index in [4.69, 9.17) is 0 Å². The number of anilines is 2. The third-order valence-electron chi connectivity index (χ3n) is 3.01. The van der Waals surface area contributed by atoms with Crippen LogP contribution in [0.4, 0.5) is 24.8 Å². The van der Waals surface area contributed by atoms with Crippen molar-refractivity contribution in [2.24, 2.45) is 0 Å². The van der Waals surface area contributed by atoms with Crippen LogP contribution in [0.15, 0.2) is 12.1 Å². The van der Waals surface area contributed by atoms with Gasteiger partial charge in [-0.3, -0.25) is 4.79 Å². The molecule has 0 spiro atoms. The number of halogens is 3. The predicted octanol–water partition coefficient (Wildman–Crippen LogP) is 2.22. The van der Waals surface area contributed by atoms with E-state index in [1.807, 2.05) is 0 Å². The Kier molecular flexibility index (Phi) is 4.54. The lowest BCUT2D eigenvalue weighted by Gasteiger charge is -2.12. The summed E-state index contributed by atoms with van der Waals surface area (Å²) < 4.78 is 38.2. The minimum absolute atomic E-state index is 0.0911. The molecule has 0 aromatic carbocycles. The third-order valence-corrected chi connectivity index (χ3v) is 3.01.